The van der Waals surface area contributed by atoms with E-state index in [9.17, 15) is 5.11 Å². The van der Waals surface area contributed by atoms with Crippen LogP contribution in [0.5, 0.6) is 5.88 Å². The standard InChI is InChI=1S/C14H16N2O2/c1-18-14-8-7-11(9-15-14)13(10-17)16-12-5-3-2-4-6-12/h2-9,13,16-17H,10H2,1H3. The van der Waals surface area contributed by atoms with Crippen molar-refractivity contribution in [2.45, 2.75) is 6.04 Å². The highest BCUT2D eigenvalue weighted by atomic mass is 16.5. The molecule has 0 saturated heterocycles. The minimum atomic E-state index is -0.175. The molecule has 0 aliphatic rings. The van der Waals surface area contributed by atoms with Gasteiger partial charge in [-0.1, -0.05) is 18.2 Å². The second-order valence-electron chi connectivity index (χ2n) is 3.88. The fourth-order valence-electron chi connectivity index (χ4n) is 1.69. The quantitative estimate of drug-likeness (QED) is 0.847. The van der Waals surface area contributed by atoms with E-state index in [2.05, 4.69) is 10.3 Å². The molecule has 0 aliphatic heterocycles. The molecule has 0 aliphatic carbocycles. The Morgan fingerprint density at radius 3 is 2.56 bits per heavy atom. The lowest BCUT2D eigenvalue weighted by Gasteiger charge is -2.17. The van der Waals surface area contributed by atoms with E-state index in [0.29, 0.717) is 5.88 Å². The van der Waals surface area contributed by atoms with Gasteiger partial charge in [0.25, 0.3) is 0 Å². The van der Waals surface area contributed by atoms with Gasteiger partial charge in [0.2, 0.25) is 5.88 Å². The molecule has 2 N–H and O–H groups in total. The second-order valence-corrected chi connectivity index (χ2v) is 3.88. The molecule has 0 amide bonds. The molecule has 1 aromatic carbocycles. The van der Waals surface area contributed by atoms with Crippen LogP contribution in [0.15, 0.2) is 48.7 Å². The summed E-state index contributed by atoms with van der Waals surface area (Å²) < 4.78 is 5.01. The van der Waals surface area contributed by atoms with Gasteiger partial charge in [0, 0.05) is 18.0 Å². The van der Waals surface area contributed by atoms with Gasteiger partial charge in [-0.25, -0.2) is 4.98 Å². The van der Waals surface area contributed by atoms with Crippen molar-refractivity contribution in [2.24, 2.45) is 0 Å². The third-order valence-electron chi connectivity index (χ3n) is 2.67. The van der Waals surface area contributed by atoms with E-state index in [1.54, 1.807) is 19.4 Å². The Hall–Kier alpha value is -2.07. The van der Waals surface area contributed by atoms with Gasteiger partial charge in [0.1, 0.15) is 0 Å². The number of anilines is 1. The number of aliphatic hydroxyl groups excluding tert-OH is 1. The summed E-state index contributed by atoms with van der Waals surface area (Å²) in [5, 5.41) is 12.7. The van der Waals surface area contributed by atoms with Gasteiger partial charge < -0.3 is 15.2 Å². The van der Waals surface area contributed by atoms with E-state index >= 15 is 0 Å². The van der Waals surface area contributed by atoms with E-state index in [-0.39, 0.29) is 12.6 Å². The number of pyridine rings is 1. The lowest BCUT2D eigenvalue weighted by atomic mass is 10.1. The predicted molar refractivity (Wildman–Crippen MR) is 70.7 cm³/mol. The second kappa shape index (κ2) is 6.02. The highest BCUT2D eigenvalue weighted by Gasteiger charge is 2.10. The van der Waals surface area contributed by atoms with Gasteiger partial charge in [-0.3, -0.25) is 0 Å². The normalized spacial score (nSPS) is 11.9. The van der Waals surface area contributed by atoms with Crippen molar-refractivity contribution in [3.63, 3.8) is 0 Å². The number of ether oxygens (including phenoxy) is 1. The number of aromatic nitrogens is 1. The van der Waals surface area contributed by atoms with Crippen LogP contribution in [-0.2, 0) is 0 Å². The number of nitrogens with zero attached hydrogens (tertiary/aromatic N) is 1. The minimum Gasteiger partial charge on any atom is -0.481 e. The number of para-hydroxylation sites is 1. The summed E-state index contributed by atoms with van der Waals surface area (Å²) in [6.45, 7) is 0.00288. The lowest BCUT2D eigenvalue weighted by Crippen LogP contribution is -2.15. The largest absolute Gasteiger partial charge is 0.481 e. The van der Waals surface area contributed by atoms with E-state index < -0.39 is 0 Å². The van der Waals surface area contributed by atoms with Gasteiger partial charge in [0.05, 0.1) is 19.8 Å². The number of aliphatic hydroxyl groups is 1. The molecule has 0 saturated carbocycles. The molecule has 2 aromatic rings. The Morgan fingerprint density at radius 1 is 1.22 bits per heavy atom. The Kier molecular flexibility index (Phi) is 4.15. The van der Waals surface area contributed by atoms with Crippen molar-refractivity contribution in [2.75, 3.05) is 19.0 Å². The SMILES string of the molecule is COc1ccc(C(CO)Nc2ccccc2)cn1. The van der Waals surface area contributed by atoms with Crippen LogP contribution in [0.25, 0.3) is 0 Å². The van der Waals surface area contributed by atoms with Crippen LogP contribution in [0.1, 0.15) is 11.6 Å². The van der Waals surface area contributed by atoms with Gasteiger partial charge in [-0.2, -0.15) is 0 Å². The van der Waals surface area contributed by atoms with E-state index in [1.165, 1.54) is 0 Å². The van der Waals surface area contributed by atoms with Crippen LogP contribution in [0.4, 0.5) is 5.69 Å². The summed E-state index contributed by atoms with van der Waals surface area (Å²) >= 11 is 0. The number of benzene rings is 1. The number of hydrogen-bond acceptors (Lipinski definition) is 4. The molecule has 0 fully saturated rings. The maximum atomic E-state index is 9.45. The Morgan fingerprint density at radius 2 is 2.00 bits per heavy atom. The topological polar surface area (TPSA) is 54.4 Å². The Balaban J connectivity index is 2.12. The first-order valence-electron chi connectivity index (χ1n) is 5.76. The first-order valence-corrected chi connectivity index (χ1v) is 5.76. The van der Waals surface area contributed by atoms with Crippen molar-refractivity contribution in [3.8, 4) is 5.88 Å². The summed E-state index contributed by atoms with van der Waals surface area (Å²) in [7, 11) is 1.58. The fraction of sp³-hybridized carbons (Fsp3) is 0.214. The molecule has 0 spiro atoms. The van der Waals surface area contributed by atoms with Crippen molar-refractivity contribution in [3.05, 3.63) is 54.2 Å². The molecule has 1 aromatic heterocycles. The average Bonchev–Trinajstić information content (AvgIpc) is 2.46. The zero-order valence-corrected chi connectivity index (χ0v) is 10.2. The molecular formula is C14H16N2O2. The van der Waals surface area contributed by atoms with E-state index in [1.807, 2.05) is 36.4 Å². The summed E-state index contributed by atoms with van der Waals surface area (Å²) in [5.41, 5.74) is 1.88. The van der Waals surface area contributed by atoms with Gasteiger partial charge >= 0.3 is 0 Å². The first-order chi connectivity index (χ1) is 8.83. The smallest absolute Gasteiger partial charge is 0.212 e. The summed E-state index contributed by atoms with van der Waals surface area (Å²) in [6, 6.07) is 13.3. The summed E-state index contributed by atoms with van der Waals surface area (Å²) in [5.74, 6) is 0.565. The molecule has 1 unspecified atom stereocenters. The highest BCUT2D eigenvalue weighted by molar-refractivity contribution is 5.45. The Bertz CT molecular complexity index is 471. The van der Waals surface area contributed by atoms with Crippen LogP contribution in [0.3, 0.4) is 0 Å². The number of rotatable bonds is 5. The number of methoxy groups -OCH3 is 1. The summed E-state index contributed by atoms with van der Waals surface area (Å²) in [6.07, 6.45) is 1.70. The molecule has 1 heterocycles. The van der Waals surface area contributed by atoms with Crippen LogP contribution < -0.4 is 10.1 Å². The van der Waals surface area contributed by atoms with Crippen LogP contribution >= 0.6 is 0 Å². The lowest BCUT2D eigenvalue weighted by molar-refractivity contribution is 0.276. The van der Waals surface area contributed by atoms with Crippen molar-refractivity contribution < 1.29 is 9.84 Å². The van der Waals surface area contributed by atoms with Gasteiger partial charge in [0.15, 0.2) is 0 Å². The third kappa shape index (κ3) is 2.99. The van der Waals surface area contributed by atoms with Crippen molar-refractivity contribution in [1.29, 1.82) is 0 Å². The molecule has 1 atom stereocenters. The van der Waals surface area contributed by atoms with Gasteiger partial charge in [-0.15, -0.1) is 0 Å². The zero-order chi connectivity index (χ0) is 12.8. The number of nitrogens with one attached hydrogen (secondary N) is 1. The van der Waals surface area contributed by atoms with E-state index in [0.717, 1.165) is 11.3 Å². The molecule has 0 bridgehead atoms. The molecule has 18 heavy (non-hydrogen) atoms. The van der Waals surface area contributed by atoms with Crippen LogP contribution in [-0.4, -0.2) is 23.8 Å². The molecule has 4 heteroatoms. The highest BCUT2D eigenvalue weighted by Crippen LogP contribution is 2.19. The monoisotopic (exact) mass is 244 g/mol. The first kappa shape index (κ1) is 12.4. The van der Waals surface area contributed by atoms with Crippen LogP contribution in [0, 0.1) is 0 Å². The molecule has 0 radical (unpaired) electrons. The number of hydrogen-bond donors (Lipinski definition) is 2. The Labute approximate surface area is 106 Å². The summed E-state index contributed by atoms with van der Waals surface area (Å²) in [4.78, 5) is 4.13. The maximum Gasteiger partial charge on any atom is 0.212 e. The molecular weight excluding hydrogens is 228 g/mol. The van der Waals surface area contributed by atoms with Gasteiger partial charge in [-0.05, 0) is 23.8 Å². The molecule has 4 nitrogen and oxygen atoms in total. The molecule has 2 rings (SSSR count). The minimum absolute atomic E-state index is 0.00288. The van der Waals surface area contributed by atoms with Crippen LogP contribution in [0.2, 0.25) is 0 Å². The maximum absolute atomic E-state index is 9.45. The zero-order valence-electron chi connectivity index (χ0n) is 10.2. The fourth-order valence-corrected chi connectivity index (χ4v) is 1.69. The predicted octanol–water partition coefficient (Wildman–Crippen LogP) is 2.24. The average molecular weight is 244 g/mol. The third-order valence-corrected chi connectivity index (χ3v) is 2.67. The van der Waals surface area contributed by atoms with Crippen molar-refractivity contribution in [1.82, 2.24) is 4.98 Å². The molecule has 94 valence electrons. The van der Waals surface area contributed by atoms with Crippen molar-refractivity contribution >= 4 is 5.69 Å². The van der Waals surface area contributed by atoms with E-state index in [4.69, 9.17) is 4.74 Å².